The van der Waals surface area contributed by atoms with Gasteiger partial charge in [0.05, 0.1) is 16.9 Å². The van der Waals surface area contributed by atoms with Gasteiger partial charge in [0, 0.05) is 18.8 Å². The number of amides is 1. The van der Waals surface area contributed by atoms with Gasteiger partial charge in [-0.1, -0.05) is 0 Å². The van der Waals surface area contributed by atoms with E-state index in [1.807, 2.05) is 19.0 Å². The normalized spacial score (nSPS) is 10.7. The summed E-state index contributed by atoms with van der Waals surface area (Å²) in [5.41, 5.74) is 7.46. The van der Waals surface area contributed by atoms with E-state index in [-0.39, 0.29) is 12.1 Å². The van der Waals surface area contributed by atoms with Crippen LogP contribution in [0.15, 0.2) is 6.07 Å². The van der Waals surface area contributed by atoms with Crippen molar-refractivity contribution in [1.82, 2.24) is 9.88 Å². The summed E-state index contributed by atoms with van der Waals surface area (Å²) < 4.78 is 0. The molecule has 0 atom stereocenters. The lowest BCUT2D eigenvalue weighted by molar-refractivity contribution is -0.135. The molecular formula is C14H22N4O3. The zero-order chi connectivity index (χ0) is 16.2. The molecule has 0 bridgehead atoms. The standard InChI is InChI=1S/C14H22N4O3/c1-9-7-11(13(14(15)21)10(2)16-9)18(8-12(19)20)6-5-17(3)4/h7H,5-6,8H2,1-4H3,(H2,15,21)(H,19,20). The lowest BCUT2D eigenvalue weighted by Gasteiger charge is -2.27. The highest BCUT2D eigenvalue weighted by Crippen LogP contribution is 2.23. The van der Waals surface area contributed by atoms with Crippen molar-refractivity contribution in [2.45, 2.75) is 13.8 Å². The largest absolute Gasteiger partial charge is 0.480 e. The Morgan fingerprint density at radius 3 is 2.38 bits per heavy atom. The van der Waals surface area contributed by atoms with Crippen molar-refractivity contribution < 1.29 is 14.7 Å². The van der Waals surface area contributed by atoms with E-state index >= 15 is 0 Å². The number of likely N-dealkylation sites (N-methyl/N-ethyl adjacent to an activating group) is 1. The molecule has 0 unspecified atom stereocenters. The molecule has 1 aromatic heterocycles. The van der Waals surface area contributed by atoms with Crippen LogP contribution >= 0.6 is 0 Å². The van der Waals surface area contributed by atoms with Gasteiger partial charge in [-0.15, -0.1) is 0 Å². The number of hydrogen-bond donors (Lipinski definition) is 2. The summed E-state index contributed by atoms with van der Waals surface area (Å²) >= 11 is 0. The van der Waals surface area contributed by atoms with Crippen LogP contribution in [-0.2, 0) is 4.79 Å². The number of aromatic nitrogens is 1. The van der Waals surface area contributed by atoms with Gasteiger partial charge < -0.3 is 20.6 Å². The summed E-state index contributed by atoms with van der Waals surface area (Å²) in [4.78, 5) is 30.6. The van der Waals surface area contributed by atoms with Crippen molar-refractivity contribution in [3.05, 3.63) is 23.0 Å². The average molecular weight is 294 g/mol. The van der Waals surface area contributed by atoms with E-state index in [4.69, 9.17) is 10.8 Å². The Bertz CT molecular complexity index is 543. The van der Waals surface area contributed by atoms with Crippen LogP contribution in [0.3, 0.4) is 0 Å². The first-order chi connectivity index (χ1) is 9.72. The van der Waals surface area contributed by atoms with Crippen LogP contribution in [0.4, 0.5) is 5.69 Å². The number of anilines is 1. The van der Waals surface area contributed by atoms with Gasteiger partial charge in [0.1, 0.15) is 6.54 Å². The maximum Gasteiger partial charge on any atom is 0.323 e. The summed E-state index contributed by atoms with van der Waals surface area (Å²) in [7, 11) is 3.80. The van der Waals surface area contributed by atoms with E-state index in [1.54, 1.807) is 24.8 Å². The van der Waals surface area contributed by atoms with Crippen molar-refractivity contribution in [2.75, 3.05) is 38.6 Å². The average Bonchev–Trinajstić information content (AvgIpc) is 2.32. The van der Waals surface area contributed by atoms with Crippen LogP contribution in [0.1, 0.15) is 21.7 Å². The molecular weight excluding hydrogens is 272 g/mol. The lowest BCUT2D eigenvalue weighted by Crippen LogP contribution is -2.37. The molecule has 0 saturated carbocycles. The van der Waals surface area contributed by atoms with Gasteiger partial charge in [-0.25, -0.2) is 0 Å². The number of pyridine rings is 1. The van der Waals surface area contributed by atoms with Crippen LogP contribution in [0.5, 0.6) is 0 Å². The van der Waals surface area contributed by atoms with Crippen LogP contribution in [0, 0.1) is 13.8 Å². The van der Waals surface area contributed by atoms with Gasteiger partial charge in [-0.3, -0.25) is 14.6 Å². The zero-order valence-electron chi connectivity index (χ0n) is 12.9. The van der Waals surface area contributed by atoms with Gasteiger partial charge >= 0.3 is 5.97 Å². The number of rotatable bonds is 7. The molecule has 0 fully saturated rings. The quantitative estimate of drug-likeness (QED) is 0.748. The highest BCUT2D eigenvalue weighted by Gasteiger charge is 2.20. The Morgan fingerprint density at radius 1 is 1.29 bits per heavy atom. The molecule has 0 aliphatic heterocycles. The van der Waals surface area contributed by atoms with Crippen LogP contribution in [-0.4, -0.2) is 60.6 Å². The van der Waals surface area contributed by atoms with Gasteiger partial charge in [-0.2, -0.15) is 0 Å². The Kier molecular flexibility index (Phi) is 5.66. The molecule has 21 heavy (non-hydrogen) atoms. The van der Waals surface area contributed by atoms with Crippen LogP contribution in [0.2, 0.25) is 0 Å². The first-order valence-electron chi connectivity index (χ1n) is 6.62. The Labute approximate surface area is 124 Å². The van der Waals surface area contributed by atoms with E-state index in [9.17, 15) is 9.59 Å². The molecule has 7 nitrogen and oxygen atoms in total. The van der Waals surface area contributed by atoms with E-state index < -0.39 is 11.9 Å². The van der Waals surface area contributed by atoms with Gasteiger partial charge in [0.2, 0.25) is 0 Å². The Hall–Kier alpha value is -2.15. The van der Waals surface area contributed by atoms with Crippen molar-refractivity contribution in [3.8, 4) is 0 Å². The van der Waals surface area contributed by atoms with Gasteiger partial charge in [0.25, 0.3) is 5.91 Å². The third kappa shape index (κ3) is 4.71. The summed E-state index contributed by atoms with van der Waals surface area (Å²) in [6.45, 7) is 4.43. The summed E-state index contributed by atoms with van der Waals surface area (Å²) in [6.07, 6.45) is 0. The maximum absolute atomic E-state index is 11.7. The van der Waals surface area contributed by atoms with E-state index in [1.165, 1.54) is 0 Å². The number of hydrogen-bond acceptors (Lipinski definition) is 5. The second kappa shape index (κ2) is 7.03. The highest BCUT2D eigenvalue weighted by atomic mass is 16.4. The molecule has 0 aliphatic carbocycles. The fourth-order valence-corrected chi connectivity index (χ4v) is 2.13. The van der Waals surface area contributed by atoms with Crippen molar-refractivity contribution in [2.24, 2.45) is 5.73 Å². The van der Waals surface area contributed by atoms with Crippen LogP contribution < -0.4 is 10.6 Å². The Balaban J connectivity index is 3.27. The number of aliphatic carboxylic acids is 1. The second-order valence-electron chi connectivity index (χ2n) is 5.23. The molecule has 116 valence electrons. The van der Waals surface area contributed by atoms with Crippen molar-refractivity contribution >= 4 is 17.6 Å². The molecule has 0 radical (unpaired) electrons. The molecule has 0 aliphatic rings. The third-order valence-electron chi connectivity index (χ3n) is 3.04. The van der Waals surface area contributed by atoms with Crippen molar-refractivity contribution in [1.29, 1.82) is 0 Å². The van der Waals surface area contributed by atoms with Crippen LogP contribution in [0.25, 0.3) is 0 Å². The number of carboxylic acids is 1. The Morgan fingerprint density at radius 2 is 1.90 bits per heavy atom. The molecule has 7 heteroatoms. The number of carbonyl (C=O) groups is 2. The number of nitrogens with zero attached hydrogens (tertiary/aromatic N) is 3. The summed E-state index contributed by atoms with van der Waals surface area (Å²) in [6, 6.07) is 1.70. The van der Waals surface area contributed by atoms with E-state index in [0.29, 0.717) is 30.2 Å². The highest BCUT2D eigenvalue weighted by molar-refractivity contribution is 6.00. The fraction of sp³-hybridized carbons (Fsp3) is 0.500. The molecule has 0 spiro atoms. The van der Waals surface area contributed by atoms with Crippen molar-refractivity contribution in [3.63, 3.8) is 0 Å². The van der Waals surface area contributed by atoms with Gasteiger partial charge in [-0.05, 0) is 34.0 Å². The molecule has 1 aromatic rings. The monoisotopic (exact) mass is 294 g/mol. The molecule has 1 rings (SSSR count). The zero-order valence-corrected chi connectivity index (χ0v) is 12.9. The number of aryl methyl sites for hydroxylation is 2. The summed E-state index contributed by atoms with van der Waals surface area (Å²) in [5.74, 6) is -1.56. The molecule has 3 N–H and O–H groups in total. The molecule has 0 aromatic carbocycles. The maximum atomic E-state index is 11.7. The molecule has 1 heterocycles. The first kappa shape index (κ1) is 16.9. The number of nitrogens with two attached hydrogens (primary N) is 1. The molecule has 0 saturated heterocycles. The van der Waals surface area contributed by atoms with Gasteiger partial charge in [0.15, 0.2) is 0 Å². The number of carbonyl (C=O) groups excluding carboxylic acids is 1. The first-order valence-corrected chi connectivity index (χ1v) is 6.62. The van der Waals surface area contributed by atoms with E-state index in [2.05, 4.69) is 4.98 Å². The minimum Gasteiger partial charge on any atom is -0.480 e. The lowest BCUT2D eigenvalue weighted by atomic mass is 10.1. The van der Waals surface area contributed by atoms with E-state index in [0.717, 1.165) is 0 Å². The second-order valence-corrected chi connectivity index (χ2v) is 5.23. The summed E-state index contributed by atoms with van der Waals surface area (Å²) in [5, 5.41) is 9.09. The minimum absolute atomic E-state index is 0.197. The molecule has 1 amide bonds. The topological polar surface area (TPSA) is 99.8 Å². The SMILES string of the molecule is Cc1cc(N(CCN(C)C)CC(=O)O)c(C(N)=O)c(C)n1. The fourth-order valence-electron chi connectivity index (χ4n) is 2.13. The third-order valence-corrected chi connectivity index (χ3v) is 3.04. The predicted octanol–water partition coefficient (Wildman–Crippen LogP) is 0.250. The number of primary amides is 1. The minimum atomic E-state index is -0.962. The predicted molar refractivity (Wildman–Crippen MR) is 80.6 cm³/mol. The number of carboxylic acid groups (broad SMARTS) is 1. The smallest absolute Gasteiger partial charge is 0.323 e.